The smallest absolute Gasteiger partial charge is 0.410 e. The SMILES string of the molecule is CCCCc1cn(C(C)(C)C)s/c1=N\C(=O)C1CCN(C(=O)OC(C)(C)C)C1. The van der Waals surface area contributed by atoms with Crippen molar-refractivity contribution >= 4 is 23.5 Å². The van der Waals surface area contributed by atoms with Crippen LogP contribution < -0.4 is 4.67 Å². The van der Waals surface area contributed by atoms with Crippen LogP contribution in [0.1, 0.15) is 73.3 Å². The van der Waals surface area contributed by atoms with Gasteiger partial charge in [-0.3, -0.25) is 8.75 Å². The van der Waals surface area contributed by atoms with Gasteiger partial charge in [0.1, 0.15) is 10.3 Å². The number of aryl methyl sites for hydroxylation is 1. The topological polar surface area (TPSA) is 63.9 Å². The third kappa shape index (κ3) is 6.19. The van der Waals surface area contributed by atoms with E-state index in [1.807, 2.05) is 20.8 Å². The maximum Gasteiger partial charge on any atom is 0.410 e. The molecule has 0 saturated carbocycles. The van der Waals surface area contributed by atoms with Crippen molar-refractivity contribution in [2.24, 2.45) is 10.9 Å². The van der Waals surface area contributed by atoms with Crippen LogP contribution in [0, 0.1) is 5.92 Å². The van der Waals surface area contributed by atoms with E-state index in [9.17, 15) is 9.59 Å². The van der Waals surface area contributed by atoms with Gasteiger partial charge in [-0.2, -0.15) is 0 Å². The summed E-state index contributed by atoms with van der Waals surface area (Å²) in [5.74, 6) is -0.386. The Morgan fingerprint density at radius 1 is 1.25 bits per heavy atom. The van der Waals surface area contributed by atoms with Gasteiger partial charge in [0.25, 0.3) is 5.91 Å². The molecule has 2 heterocycles. The number of rotatable bonds is 4. The Kier molecular flexibility index (Phi) is 7.12. The predicted molar refractivity (Wildman–Crippen MR) is 112 cm³/mol. The van der Waals surface area contributed by atoms with Crippen molar-refractivity contribution in [2.75, 3.05) is 13.1 Å². The lowest BCUT2D eigenvalue weighted by atomic mass is 10.1. The summed E-state index contributed by atoms with van der Waals surface area (Å²) < 4.78 is 8.40. The van der Waals surface area contributed by atoms with Gasteiger partial charge < -0.3 is 9.64 Å². The van der Waals surface area contributed by atoms with Crippen LogP contribution in [0.25, 0.3) is 0 Å². The fraction of sp³-hybridized carbons (Fsp3) is 0.762. The highest BCUT2D eigenvalue weighted by molar-refractivity contribution is 7.04. The molecule has 1 aliphatic rings. The van der Waals surface area contributed by atoms with Crippen molar-refractivity contribution in [1.29, 1.82) is 0 Å². The maximum atomic E-state index is 12.8. The maximum absolute atomic E-state index is 12.8. The number of hydrogen-bond acceptors (Lipinski definition) is 4. The van der Waals surface area contributed by atoms with Crippen LogP contribution in [0.15, 0.2) is 11.2 Å². The normalized spacial score (nSPS) is 18.6. The van der Waals surface area contributed by atoms with Crippen LogP contribution in [0.5, 0.6) is 0 Å². The van der Waals surface area contributed by atoms with Crippen LogP contribution in [-0.4, -0.2) is 39.5 Å². The highest BCUT2D eigenvalue weighted by atomic mass is 32.1. The van der Waals surface area contributed by atoms with E-state index in [0.29, 0.717) is 19.5 Å². The summed E-state index contributed by atoms with van der Waals surface area (Å²) in [5.41, 5.74) is 0.565. The molecule has 1 aliphatic heterocycles. The van der Waals surface area contributed by atoms with Crippen molar-refractivity contribution < 1.29 is 14.3 Å². The van der Waals surface area contributed by atoms with Crippen molar-refractivity contribution in [3.8, 4) is 0 Å². The molecule has 1 atom stereocenters. The van der Waals surface area contributed by atoms with Gasteiger partial charge in [-0.25, -0.2) is 9.79 Å². The summed E-state index contributed by atoms with van der Waals surface area (Å²) in [4.78, 5) is 31.1. The summed E-state index contributed by atoms with van der Waals surface area (Å²) in [5, 5.41) is 0. The molecule has 7 heteroatoms. The summed E-state index contributed by atoms with van der Waals surface area (Å²) in [6.45, 7) is 15.1. The molecule has 0 bridgehead atoms. The van der Waals surface area contributed by atoms with Gasteiger partial charge in [0.2, 0.25) is 0 Å². The average molecular weight is 410 g/mol. The molecule has 0 spiro atoms. The fourth-order valence-corrected chi connectivity index (χ4v) is 4.02. The van der Waals surface area contributed by atoms with Gasteiger partial charge in [0, 0.05) is 30.4 Å². The first-order valence-electron chi connectivity index (χ1n) is 10.2. The number of carbonyl (C=O) groups excluding carboxylic acids is 2. The van der Waals surface area contributed by atoms with Crippen LogP contribution in [-0.2, 0) is 21.5 Å². The second kappa shape index (κ2) is 8.80. The van der Waals surface area contributed by atoms with E-state index in [1.54, 1.807) is 16.4 Å². The number of nitrogens with zero attached hydrogens (tertiary/aromatic N) is 3. The predicted octanol–water partition coefficient (Wildman–Crippen LogP) is 4.33. The Balaban J connectivity index is 2.16. The third-order valence-electron chi connectivity index (χ3n) is 4.59. The van der Waals surface area contributed by atoms with Gasteiger partial charge in [-0.1, -0.05) is 13.3 Å². The van der Waals surface area contributed by atoms with Crippen LogP contribution in [0.4, 0.5) is 4.79 Å². The molecular weight excluding hydrogens is 374 g/mol. The lowest BCUT2D eigenvalue weighted by molar-refractivity contribution is -0.121. The third-order valence-corrected chi connectivity index (χ3v) is 5.97. The zero-order valence-electron chi connectivity index (χ0n) is 18.4. The van der Waals surface area contributed by atoms with Crippen LogP contribution in [0.2, 0.25) is 0 Å². The molecule has 6 nitrogen and oxygen atoms in total. The number of carbonyl (C=O) groups is 2. The Morgan fingerprint density at radius 3 is 2.50 bits per heavy atom. The molecule has 0 aliphatic carbocycles. The molecule has 2 amide bonds. The van der Waals surface area contributed by atoms with Crippen molar-refractivity contribution in [3.63, 3.8) is 0 Å². The molecule has 0 N–H and O–H groups in total. The Labute approximate surface area is 172 Å². The number of hydrogen-bond donors (Lipinski definition) is 0. The minimum Gasteiger partial charge on any atom is -0.444 e. The highest BCUT2D eigenvalue weighted by Gasteiger charge is 2.33. The van der Waals surface area contributed by atoms with E-state index in [4.69, 9.17) is 4.74 Å². The van der Waals surface area contributed by atoms with Gasteiger partial charge in [-0.15, -0.1) is 0 Å². The molecule has 1 aromatic heterocycles. The first-order valence-corrected chi connectivity index (χ1v) is 11.0. The largest absolute Gasteiger partial charge is 0.444 e. The summed E-state index contributed by atoms with van der Waals surface area (Å²) >= 11 is 1.54. The monoisotopic (exact) mass is 409 g/mol. The van der Waals surface area contributed by atoms with E-state index in [1.165, 1.54) is 0 Å². The summed E-state index contributed by atoms with van der Waals surface area (Å²) in [7, 11) is 0. The zero-order valence-corrected chi connectivity index (χ0v) is 19.2. The summed E-state index contributed by atoms with van der Waals surface area (Å²) in [6, 6.07) is 0. The molecule has 1 unspecified atom stereocenters. The van der Waals surface area contributed by atoms with E-state index < -0.39 is 5.60 Å². The lowest BCUT2D eigenvalue weighted by Crippen LogP contribution is -2.35. The molecule has 1 saturated heterocycles. The minimum atomic E-state index is -0.532. The highest BCUT2D eigenvalue weighted by Crippen LogP contribution is 2.21. The van der Waals surface area contributed by atoms with Crippen LogP contribution >= 0.6 is 11.5 Å². The van der Waals surface area contributed by atoms with Crippen LogP contribution in [0.3, 0.4) is 0 Å². The van der Waals surface area contributed by atoms with Gasteiger partial charge in [0.05, 0.1) is 5.92 Å². The second-order valence-electron chi connectivity index (χ2n) is 9.51. The van der Waals surface area contributed by atoms with Gasteiger partial charge in [-0.05, 0) is 72.3 Å². The number of unbranched alkanes of at least 4 members (excludes halogenated alkanes) is 1. The first kappa shape index (κ1) is 22.7. The average Bonchev–Trinajstić information content (AvgIpc) is 3.18. The molecule has 2 rings (SSSR count). The zero-order chi connectivity index (χ0) is 21.1. The number of likely N-dealkylation sites (tertiary alicyclic amines) is 1. The number of aromatic nitrogens is 1. The first-order chi connectivity index (χ1) is 12.9. The van der Waals surface area contributed by atoms with E-state index in [-0.39, 0.29) is 23.5 Å². The molecule has 1 fully saturated rings. The summed E-state index contributed by atoms with van der Waals surface area (Å²) in [6.07, 6.45) is 5.52. The quantitative estimate of drug-likeness (QED) is 0.743. The lowest BCUT2D eigenvalue weighted by Gasteiger charge is -2.24. The Bertz CT molecular complexity index is 765. The second-order valence-corrected chi connectivity index (χ2v) is 10.5. The number of amides is 2. The van der Waals surface area contributed by atoms with E-state index in [2.05, 4.69) is 42.8 Å². The number of ether oxygens (including phenoxy) is 1. The molecule has 0 radical (unpaired) electrons. The molecule has 158 valence electrons. The van der Waals surface area contributed by atoms with Gasteiger partial charge >= 0.3 is 6.09 Å². The van der Waals surface area contributed by atoms with Crippen molar-refractivity contribution in [3.05, 3.63) is 16.4 Å². The Hall–Kier alpha value is -1.63. The standard InChI is InChI=1S/C21H35N3O3S/c1-8-9-10-16-14-24(20(2,3)4)28-18(16)22-17(25)15-11-12-23(13-15)19(26)27-21(5,6)7/h14-15H,8-13H2,1-7H3/b22-18-. The molecule has 28 heavy (non-hydrogen) atoms. The van der Waals surface area contributed by atoms with E-state index in [0.717, 1.165) is 29.5 Å². The van der Waals surface area contributed by atoms with E-state index >= 15 is 0 Å². The van der Waals surface area contributed by atoms with Crippen molar-refractivity contribution in [1.82, 2.24) is 8.86 Å². The van der Waals surface area contributed by atoms with Gasteiger partial charge in [0.15, 0.2) is 0 Å². The Morgan fingerprint density at radius 2 is 1.93 bits per heavy atom. The minimum absolute atomic E-state index is 0.0384. The molecule has 1 aromatic rings. The molecule has 0 aromatic carbocycles. The van der Waals surface area contributed by atoms with Crippen molar-refractivity contribution in [2.45, 2.75) is 85.3 Å². The molecular formula is C21H35N3O3S. The fourth-order valence-electron chi connectivity index (χ4n) is 2.98.